The first-order valence-electron chi connectivity index (χ1n) is 7.74. The molecular formula is C18H26ClN. The summed E-state index contributed by atoms with van der Waals surface area (Å²) in [5.41, 5.74) is 2.89. The van der Waals surface area contributed by atoms with Gasteiger partial charge in [0.05, 0.1) is 0 Å². The van der Waals surface area contributed by atoms with Crippen molar-refractivity contribution in [3.05, 3.63) is 46.5 Å². The van der Waals surface area contributed by atoms with Crippen LogP contribution in [-0.4, -0.2) is 6.54 Å². The van der Waals surface area contributed by atoms with Crippen LogP contribution in [0.15, 0.2) is 35.9 Å². The zero-order chi connectivity index (χ0) is 14.5. The monoisotopic (exact) mass is 291 g/mol. The summed E-state index contributed by atoms with van der Waals surface area (Å²) in [6, 6.07) is 8.68. The van der Waals surface area contributed by atoms with E-state index < -0.39 is 0 Å². The van der Waals surface area contributed by atoms with Crippen LogP contribution < -0.4 is 5.32 Å². The molecule has 1 nitrogen and oxygen atoms in total. The highest BCUT2D eigenvalue weighted by molar-refractivity contribution is 6.30. The third-order valence-corrected chi connectivity index (χ3v) is 4.47. The van der Waals surface area contributed by atoms with Crippen LogP contribution in [0.5, 0.6) is 0 Å². The van der Waals surface area contributed by atoms with E-state index in [0.717, 1.165) is 29.8 Å². The Morgan fingerprint density at radius 2 is 2.00 bits per heavy atom. The second-order valence-corrected chi connectivity index (χ2v) is 6.65. The Bertz CT molecular complexity index is 449. The van der Waals surface area contributed by atoms with Crippen molar-refractivity contribution >= 4 is 11.6 Å². The van der Waals surface area contributed by atoms with Crippen LogP contribution in [0.3, 0.4) is 0 Å². The molecule has 3 unspecified atom stereocenters. The van der Waals surface area contributed by atoms with Gasteiger partial charge in [-0.25, -0.2) is 0 Å². The van der Waals surface area contributed by atoms with Crippen LogP contribution in [0.2, 0.25) is 5.02 Å². The van der Waals surface area contributed by atoms with Crippen molar-refractivity contribution in [2.24, 2.45) is 11.8 Å². The van der Waals surface area contributed by atoms with E-state index in [4.69, 9.17) is 11.6 Å². The Morgan fingerprint density at radius 3 is 2.60 bits per heavy atom. The Balaban J connectivity index is 1.91. The lowest BCUT2D eigenvalue weighted by Gasteiger charge is -2.28. The van der Waals surface area contributed by atoms with E-state index in [0.29, 0.717) is 6.04 Å². The second kappa shape index (κ2) is 7.28. The van der Waals surface area contributed by atoms with Gasteiger partial charge in [0.1, 0.15) is 0 Å². The maximum atomic E-state index is 5.96. The van der Waals surface area contributed by atoms with Gasteiger partial charge in [-0.15, -0.1) is 0 Å². The highest BCUT2D eigenvalue weighted by Crippen LogP contribution is 2.28. The fourth-order valence-corrected chi connectivity index (χ4v) is 3.47. The maximum Gasteiger partial charge on any atom is 0.0406 e. The number of hydrogen-bond acceptors (Lipinski definition) is 1. The minimum Gasteiger partial charge on any atom is -0.310 e. The molecule has 0 heterocycles. The summed E-state index contributed by atoms with van der Waals surface area (Å²) in [6.45, 7) is 7.93. The molecule has 0 saturated heterocycles. The average molecular weight is 292 g/mol. The van der Waals surface area contributed by atoms with Crippen LogP contribution in [0.4, 0.5) is 0 Å². The normalized spacial score (nSPS) is 24.3. The minimum atomic E-state index is 0.439. The van der Waals surface area contributed by atoms with Gasteiger partial charge in [-0.05, 0) is 62.3 Å². The van der Waals surface area contributed by atoms with Crippen LogP contribution in [0.1, 0.15) is 51.6 Å². The van der Waals surface area contributed by atoms with Crippen molar-refractivity contribution in [3.63, 3.8) is 0 Å². The lowest BCUT2D eigenvalue weighted by atomic mass is 9.83. The zero-order valence-corrected chi connectivity index (χ0v) is 13.6. The van der Waals surface area contributed by atoms with Crippen LogP contribution >= 0.6 is 11.6 Å². The first-order valence-corrected chi connectivity index (χ1v) is 8.12. The second-order valence-electron chi connectivity index (χ2n) is 6.22. The van der Waals surface area contributed by atoms with Crippen LogP contribution in [0, 0.1) is 11.8 Å². The molecule has 1 aromatic carbocycles. The summed E-state index contributed by atoms with van der Waals surface area (Å²) in [6.07, 6.45) is 6.08. The van der Waals surface area contributed by atoms with Crippen molar-refractivity contribution in [1.29, 1.82) is 0 Å². The van der Waals surface area contributed by atoms with Gasteiger partial charge in [-0.3, -0.25) is 0 Å². The van der Waals surface area contributed by atoms with E-state index in [1.807, 2.05) is 12.1 Å². The molecule has 2 rings (SSSR count). The van der Waals surface area contributed by atoms with Crippen molar-refractivity contribution in [3.8, 4) is 0 Å². The van der Waals surface area contributed by atoms with E-state index >= 15 is 0 Å². The number of halogens is 1. The third kappa shape index (κ3) is 4.36. The van der Waals surface area contributed by atoms with E-state index in [1.54, 1.807) is 5.57 Å². The molecule has 1 N–H and O–H groups in total. The van der Waals surface area contributed by atoms with Crippen molar-refractivity contribution in [1.82, 2.24) is 5.32 Å². The first-order chi connectivity index (χ1) is 9.58. The number of rotatable bonds is 5. The Kier molecular flexibility index (Phi) is 5.68. The van der Waals surface area contributed by atoms with Crippen LogP contribution in [-0.2, 0) is 0 Å². The fourth-order valence-electron chi connectivity index (χ4n) is 3.34. The van der Waals surface area contributed by atoms with E-state index in [1.165, 1.54) is 18.4 Å². The van der Waals surface area contributed by atoms with Gasteiger partial charge in [0.15, 0.2) is 0 Å². The molecule has 0 saturated carbocycles. The predicted molar refractivity (Wildman–Crippen MR) is 88.1 cm³/mol. The standard InChI is InChI=1S/C18H26ClN/c1-4-18(16-5-7-17(19)8-6-16)20-12-15-10-13(2)9-14(3)11-15/h5-9,13,15,18,20H,4,10-12H2,1-3H3. The Hall–Kier alpha value is -0.790. The highest BCUT2D eigenvalue weighted by Gasteiger charge is 2.19. The number of allylic oxidation sites excluding steroid dienone is 2. The summed E-state index contributed by atoms with van der Waals surface area (Å²) in [7, 11) is 0. The third-order valence-electron chi connectivity index (χ3n) is 4.22. The minimum absolute atomic E-state index is 0.439. The van der Waals surface area contributed by atoms with E-state index in [2.05, 4.69) is 44.3 Å². The topological polar surface area (TPSA) is 12.0 Å². The highest BCUT2D eigenvalue weighted by atomic mass is 35.5. The molecule has 0 amide bonds. The molecule has 0 spiro atoms. The van der Waals surface area contributed by atoms with Crippen molar-refractivity contribution in [2.45, 2.75) is 46.1 Å². The number of benzene rings is 1. The summed E-state index contributed by atoms with van der Waals surface area (Å²) in [5, 5.41) is 4.56. The largest absolute Gasteiger partial charge is 0.310 e. The van der Waals surface area contributed by atoms with Gasteiger partial charge in [-0.2, -0.15) is 0 Å². The van der Waals surface area contributed by atoms with Gasteiger partial charge in [0.2, 0.25) is 0 Å². The Morgan fingerprint density at radius 1 is 1.30 bits per heavy atom. The molecule has 0 aliphatic heterocycles. The summed E-state index contributed by atoms with van der Waals surface area (Å²) in [5.74, 6) is 1.50. The smallest absolute Gasteiger partial charge is 0.0406 e. The first kappa shape index (κ1) is 15.6. The molecule has 20 heavy (non-hydrogen) atoms. The molecule has 110 valence electrons. The molecule has 0 aromatic heterocycles. The van der Waals surface area contributed by atoms with Gasteiger partial charge in [-0.1, -0.05) is 49.2 Å². The molecule has 0 bridgehead atoms. The fraction of sp³-hybridized carbons (Fsp3) is 0.556. The molecule has 1 aliphatic rings. The summed E-state index contributed by atoms with van der Waals surface area (Å²) < 4.78 is 0. The SMILES string of the molecule is CCC(NCC1CC(C)=CC(C)C1)c1ccc(Cl)cc1. The maximum absolute atomic E-state index is 5.96. The zero-order valence-electron chi connectivity index (χ0n) is 12.8. The van der Waals surface area contributed by atoms with Crippen molar-refractivity contribution in [2.75, 3.05) is 6.54 Å². The summed E-state index contributed by atoms with van der Waals surface area (Å²) in [4.78, 5) is 0. The number of nitrogens with one attached hydrogen (secondary N) is 1. The molecule has 3 atom stereocenters. The lowest BCUT2D eigenvalue weighted by molar-refractivity contribution is 0.358. The molecule has 0 fully saturated rings. The summed E-state index contributed by atoms with van der Waals surface area (Å²) >= 11 is 5.96. The predicted octanol–water partition coefficient (Wildman–Crippen LogP) is 5.37. The molecule has 0 radical (unpaired) electrons. The van der Waals surface area contributed by atoms with Gasteiger partial charge < -0.3 is 5.32 Å². The molecular weight excluding hydrogens is 266 g/mol. The number of hydrogen-bond donors (Lipinski definition) is 1. The van der Waals surface area contributed by atoms with Crippen LogP contribution in [0.25, 0.3) is 0 Å². The average Bonchev–Trinajstić information content (AvgIpc) is 2.40. The molecule has 1 aromatic rings. The Labute approximate surface area is 128 Å². The van der Waals surface area contributed by atoms with Crippen molar-refractivity contribution < 1.29 is 0 Å². The van der Waals surface area contributed by atoms with Gasteiger partial charge in [0, 0.05) is 11.1 Å². The lowest BCUT2D eigenvalue weighted by Crippen LogP contribution is -2.29. The van der Waals surface area contributed by atoms with E-state index in [9.17, 15) is 0 Å². The quantitative estimate of drug-likeness (QED) is 0.719. The molecule has 2 heteroatoms. The van der Waals surface area contributed by atoms with E-state index in [-0.39, 0.29) is 0 Å². The molecule has 1 aliphatic carbocycles. The van der Waals surface area contributed by atoms with Gasteiger partial charge >= 0.3 is 0 Å². The van der Waals surface area contributed by atoms with Gasteiger partial charge in [0.25, 0.3) is 0 Å².